The van der Waals surface area contributed by atoms with Gasteiger partial charge in [-0.3, -0.25) is 0 Å². The number of hydrogen-bond acceptors (Lipinski definition) is 2. The molecule has 0 aliphatic carbocycles. The second-order valence-electron chi connectivity index (χ2n) is 1.64. The maximum absolute atomic E-state index is 8.99. The van der Waals surface area contributed by atoms with E-state index in [0.29, 0.717) is 6.42 Å². The van der Waals surface area contributed by atoms with E-state index >= 15 is 0 Å². The highest BCUT2D eigenvalue weighted by atomic mass is 16.5. The predicted octanol–water partition coefficient (Wildman–Crippen LogP) is 0.156. The van der Waals surface area contributed by atoms with Crippen molar-refractivity contribution < 1.29 is 12.6 Å². The minimum atomic E-state index is -0.615. The van der Waals surface area contributed by atoms with Crippen LogP contribution in [0.5, 0.6) is 0 Å². The molecule has 3 atom stereocenters. The Bertz CT molecular complexity index is 99.0. The molecule has 7 heavy (non-hydrogen) atoms. The molecule has 0 unspecified atom stereocenters. The zero-order valence-electron chi connectivity index (χ0n) is 6.00. The lowest BCUT2D eigenvalue weighted by Gasteiger charge is -2.03. The van der Waals surface area contributed by atoms with Crippen LogP contribution in [-0.4, -0.2) is 23.9 Å². The standard InChI is InChI=1S/C5H10O2/c1-4-5(6)2-3-7-4/h4-6H,2-3H2,1H3/t4-,5+/m1/s1/i1D,3T/t3-,4+,5-/m0. The Morgan fingerprint density at radius 1 is 2.29 bits per heavy atom. The monoisotopic (exact) mass is 105 g/mol. The Balaban J connectivity index is 2.38. The quantitative estimate of drug-likeness (QED) is 0.475. The Hall–Kier alpha value is -0.0800. The van der Waals surface area contributed by atoms with Crippen LogP contribution in [0.1, 0.15) is 16.1 Å². The molecule has 1 N–H and O–H groups in total. The summed E-state index contributed by atoms with van der Waals surface area (Å²) in [5.74, 6) is 0. The van der Waals surface area contributed by atoms with Gasteiger partial charge in [0.05, 0.1) is 13.6 Å². The molecule has 0 aromatic heterocycles. The van der Waals surface area contributed by atoms with Crippen molar-refractivity contribution in [2.45, 2.75) is 25.5 Å². The molecular weight excluding hydrogens is 92.1 g/mol. The van der Waals surface area contributed by atoms with Gasteiger partial charge in [0.1, 0.15) is 0 Å². The van der Waals surface area contributed by atoms with Crippen molar-refractivity contribution in [1.29, 1.82) is 0 Å². The van der Waals surface area contributed by atoms with Gasteiger partial charge in [-0.25, -0.2) is 0 Å². The van der Waals surface area contributed by atoms with Crippen LogP contribution in [-0.2, 0) is 4.74 Å². The van der Waals surface area contributed by atoms with Crippen LogP contribution < -0.4 is 0 Å². The van der Waals surface area contributed by atoms with E-state index in [-0.39, 0.29) is 6.90 Å². The van der Waals surface area contributed by atoms with E-state index in [9.17, 15) is 0 Å². The summed E-state index contributed by atoms with van der Waals surface area (Å²) in [5, 5.41) is 8.99. The molecule has 0 aromatic rings. The Labute approximate surface area is 45.9 Å². The first kappa shape index (κ1) is 3.05. The van der Waals surface area contributed by atoms with Crippen LogP contribution >= 0.6 is 0 Å². The topological polar surface area (TPSA) is 29.5 Å². The van der Waals surface area contributed by atoms with E-state index in [1.807, 2.05) is 0 Å². The largest absolute Gasteiger partial charge is 0.390 e. The van der Waals surface area contributed by atoms with Gasteiger partial charge in [-0.15, -0.1) is 0 Å². The molecule has 0 bridgehead atoms. The normalized spacial score (nSPS) is 56.4. The van der Waals surface area contributed by atoms with Gasteiger partial charge >= 0.3 is 0 Å². The Morgan fingerprint density at radius 2 is 3.14 bits per heavy atom. The molecule has 0 amide bonds. The Morgan fingerprint density at radius 3 is 3.43 bits per heavy atom. The molecule has 1 rings (SSSR count). The SMILES string of the molecule is [2H]C[C@H]1O[C@@H]([3H])C[C@@H]1O. The van der Waals surface area contributed by atoms with E-state index < -0.39 is 18.8 Å². The molecule has 2 heteroatoms. The van der Waals surface area contributed by atoms with E-state index in [4.69, 9.17) is 12.6 Å². The van der Waals surface area contributed by atoms with Gasteiger partial charge < -0.3 is 9.84 Å². The fourth-order valence-electron chi connectivity index (χ4n) is 0.520. The zero-order valence-corrected chi connectivity index (χ0v) is 4.00. The third-order valence-corrected chi connectivity index (χ3v) is 1.04. The smallest absolute Gasteiger partial charge is 0.0821 e. The molecule has 1 aliphatic heterocycles. The molecule has 1 fully saturated rings. The third kappa shape index (κ3) is 0.924. The van der Waals surface area contributed by atoms with Gasteiger partial charge in [-0.1, -0.05) is 0 Å². The van der Waals surface area contributed by atoms with Gasteiger partial charge in [0.2, 0.25) is 0 Å². The van der Waals surface area contributed by atoms with Crippen molar-refractivity contribution in [2.24, 2.45) is 0 Å². The molecule has 0 radical (unpaired) electrons. The Kier molecular flexibility index (Phi) is 0.784. The average molecular weight is 105 g/mol. The van der Waals surface area contributed by atoms with Gasteiger partial charge in [0, 0.05) is 7.95 Å². The molecule has 1 heterocycles. The van der Waals surface area contributed by atoms with Crippen LogP contribution in [0.15, 0.2) is 0 Å². The minimum Gasteiger partial charge on any atom is -0.390 e. The van der Waals surface area contributed by atoms with E-state index in [1.54, 1.807) is 0 Å². The van der Waals surface area contributed by atoms with Crippen molar-refractivity contribution in [3.8, 4) is 0 Å². The lowest BCUT2D eigenvalue weighted by atomic mass is 10.2. The average Bonchev–Trinajstić information content (AvgIpc) is 2.10. The summed E-state index contributed by atoms with van der Waals surface area (Å²) < 4.78 is 18.7. The first-order valence-corrected chi connectivity index (χ1v) is 2.29. The van der Waals surface area contributed by atoms with Crippen LogP contribution in [0.3, 0.4) is 0 Å². The van der Waals surface area contributed by atoms with Gasteiger partial charge in [-0.05, 0) is 13.3 Å². The summed E-state index contributed by atoms with van der Waals surface area (Å²) in [6, 6.07) is 0. The first-order chi connectivity index (χ1) is 4.24. The highest BCUT2D eigenvalue weighted by Gasteiger charge is 2.20. The second-order valence-corrected chi connectivity index (χ2v) is 1.64. The van der Waals surface area contributed by atoms with Crippen LogP contribution in [0.25, 0.3) is 0 Å². The van der Waals surface area contributed by atoms with Crippen LogP contribution in [0, 0.1) is 0 Å². The van der Waals surface area contributed by atoms with Gasteiger partial charge in [0.25, 0.3) is 0 Å². The van der Waals surface area contributed by atoms with Crippen molar-refractivity contribution in [1.82, 2.24) is 0 Å². The molecule has 0 saturated carbocycles. The van der Waals surface area contributed by atoms with Crippen molar-refractivity contribution >= 4 is 0 Å². The number of rotatable bonds is 0. The lowest BCUT2D eigenvalue weighted by Crippen LogP contribution is -2.15. The summed E-state index contributed by atoms with van der Waals surface area (Å²) in [6.07, 6.45) is -0.665. The molecule has 2 nitrogen and oxygen atoms in total. The minimum absolute atomic E-state index is 0.0521. The highest BCUT2D eigenvalue weighted by Crippen LogP contribution is 2.10. The molecule has 0 spiro atoms. The van der Waals surface area contributed by atoms with Gasteiger partial charge in [-0.2, -0.15) is 0 Å². The fraction of sp³-hybridized carbons (Fsp3) is 1.00. The second kappa shape index (κ2) is 1.80. The van der Waals surface area contributed by atoms with Crippen molar-refractivity contribution in [2.75, 3.05) is 6.58 Å². The van der Waals surface area contributed by atoms with E-state index in [0.717, 1.165) is 0 Å². The highest BCUT2D eigenvalue weighted by molar-refractivity contribution is 4.69. The predicted molar refractivity (Wildman–Crippen MR) is 26.0 cm³/mol. The molecule has 1 saturated heterocycles. The summed E-state index contributed by atoms with van der Waals surface area (Å²) in [5.41, 5.74) is 0. The van der Waals surface area contributed by atoms with Crippen LogP contribution in [0.2, 0.25) is 0 Å². The third-order valence-electron chi connectivity index (χ3n) is 1.04. The maximum atomic E-state index is 8.99. The molecule has 42 valence electrons. The number of aliphatic hydroxyl groups excluding tert-OH is 1. The molecular formula is C5H10O2. The number of aliphatic hydroxyl groups is 1. The summed E-state index contributed by atoms with van der Waals surface area (Å²) in [7, 11) is 0. The van der Waals surface area contributed by atoms with E-state index in [2.05, 4.69) is 0 Å². The molecule has 0 aromatic carbocycles. The zero-order chi connectivity index (χ0) is 6.85. The fourth-order valence-corrected chi connectivity index (χ4v) is 0.520. The summed E-state index contributed by atoms with van der Waals surface area (Å²) in [6.45, 7) is -0.563. The lowest BCUT2D eigenvalue weighted by molar-refractivity contribution is 0.0556. The van der Waals surface area contributed by atoms with Crippen molar-refractivity contribution in [3.63, 3.8) is 0 Å². The summed E-state index contributed by atoms with van der Waals surface area (Å²) >= 11 is 0. The van der Waals surface area contributed by atoms with Crippen molar-refractivity contribution in [3.05, 3.63) is 0 Å². The van der Waals surface area contributed by atoms with E-state index in [1.165, 1.54) is 0 Å². The van der Waals surface area contributed by atoms with Gasteiger partial charge in [0.15, 0.2) is 0 Å². The number of ether oxygens (including phenoxy) is 1. The number of hydrogen-bond donors (Lipinski definition) is 1. The molecule has 1 aliphatic rings. The first-order valence-electron chi connectivity index (χ1n) is 3.57. The van der Waals surface area contributed by atoms with Crippen LogP contribution in [0.4, 0.5) is 0 Å². The summed E-state index contributed by atoms with van der Waals surface area (Å²) in [4.78, 5) is 0. The maximum Gasteiger partial charge on any atom is 0.0821 e.